The maximum absolute atomic E-state index is 13.4. The maximum Gasteiger partial charge on any atom is 0.227 e. The first-order valence-electron chi connectivity index (χ1n) is 13.3. The summed E-state index contributed by atoms with van der Waals surface area (Å²) in [6.45, 7) is 0.673. The Morgan fingerprint density at radius 3 is 2.24 bits per heavy atom. The lowest BCUT2D eigenvalue weighted by Gasteiger charge is -2.23. The number of rotatable bonds is 14. The summed E-state index contributed by atoms with van der Waals surface area (Å²) in [5.41, 5.74) is 2.69. The third-order valence-corrected chi connectivity index (χ3v) is 7.47. The van der Waals surface area contributed by atoms with Crippen LogP contribution in [0.15, 0.2) is 66.7 Å². The summed E-state index contributed by atoms with van der Waals surface area (Å²) in [6, 6.07) is 20.5. The van der Waals surface area contributed by atoms with Crippen molar-refractivity contribution in [3.63, 3.8) is 0 Å². The van der Waals surface area contributed by atoms with Gasteiger partial charge in [0.15, 0.2) is 11.5 Å². The first kappa shape index (κ1) is 30.3. The number of nitrogens with zero attached hydrogens (tertiary/aromatic N) is 3. The highest BCUT2D eigenvalue weighted by atomic mass is 32.1. The van der Waals surface area contributed by atoms with Gasteiger partial charge >= 0.3 is 0 Å². The Hall–Kier alpha value is -4.64. The van der Waals surface area contributed by atoms with Crippen molar-refractivity contribution in [2.45, 2.75) is 19.3 Å². The van der Waals surface area contributed by atoms with E-state index in [1.807, 2.05) is 66.7 Å². The van der Waals surface area contributed by atoms with E-state index in [2.05, 4.69) is 15.5 Å². The van der Waals surface area contributed by atoms with Crippen LogP contribution in [0.5, 0.6) is 23.0 Å². The molecule has 0 spiro atoms. The van der Waals surface area contributed by atoms with Crippen molar-refractivity contribution in [3.8, 4) is 33.6 Å². The van der Waals surface area contributed by atoms with E-state index >= 15 is 0 Å². The van der Waals surface area contributed by atoms with E-state index in [9.17, 15) is 9.59 Å². The number of anilines is 1. The lowest BCUT2D eigenvalue weighted by Crippen LogP contribution is -2.36. The van der Waals surface area contributed by atoms with Crippen LogP contribution >= 0.6 is 11.3 Å². The van der Waals surface area contributed by atoms with Gasteiger partial charge in [-0.1, -0.05) is 41.7 Å². The average Bonchev–Trinajstić information content (AvgIpc) is 3.49. The maximum atomic E-state index is 13.4. The van der Waals surface area contributed by atoms with E-state index in [1.54, 1.807) is 33.3 Å². The molecule has 42 heavy (non-hydrogen) atoms. The van der Waals surface area contributed by atoms with Crippen molar-refractivity contribution >= 4 is 28.3 Å². The number of carbonyl (C=O) groups is 2. The molecule has 0 aliphatic rings. The zero-order chi connectivity index (χ0) is 29.9. The van der Waals surface area contributed by atoms with E-state index in [-0.39, 0.29) is 31.2 Å². The molecule has 2 amide bonds. The summed E-state index contributed by atoms with van der Waals surface area (Å²) in [5.74, 6) is 2.36. The Labute approximate surface area is 249 Å². The number of ether oxygens (including phenoxy) is 4. The fraction of sp³-hybridized carbons (Fsp3) is 0.290. The monoisotopic (exact) mass is 590 g/mol. The molecule has 220 valence electrons. The molecule has 0 atom stereocenters. The highest BCUT2D eigenvalue weighted by molar-refractivity contribution is 7.18. The Morgan fingerprint density at radius 2 is 1.52 bits per heavy atom. The third kappa shape index (κ3) is 8.20. The lowest BCUT2D eigenvalue weighted by atomic mass is 10.1. The fourth-order valence-corrected chi connectivity index (χ4v) is 5.01. The summed E-state index contributed by atoms with van der Waals surface area (Å²) in [4.78, 5) is 28.0. The summed E-state index contributed by atoms with van der Waals surface area (Å²) >= 11 is 1.27. The first-order chi connectivity index (χ1) is 20.4. The molecule has 1 aromatic heterocycles. The van der Waals surface area contributed by atoms with Gasteiger partial charge in [0.25, 0.3) is 0 Å². The second kappa shape index (κ2) is 14.8. The number of hydrogen-bond acceptors (Lipinski definition) is 9. The van der Waals surface area contributed by atoms with Crippen LogP contribution in [0.4, 0.5) is 5.13 Å². The van der Waals surface area contributed by atoms with Crippen molar-refractivity contribution in [1.82, 2.24) is 15.1 Å². The van der Waals surface area contributed by atoms with Crippen LogP contribution in [-0.4, -0.2) is 68.4 Å². The molecule has 0 aliphatic heterocycles. The minimum absolute atomic E-state index is 0.0790. The lowest BCUT2D eigenvalue weighted by molar-refractivity contribution is -0.130. The zero-order valence-corrected chi connectivity index (χ0v) is 24.9. The molecule has 1 heterocycles. The van der Waals surface area contributed by atoms with Gasteiger partial charge in [-0.25, -0.2) is 0 Å². The van der Waals surface area contributed by atoms with Crippen LogP contribution in [0, 0.1) is 0 Å². The highest BCUT2D eigenvalue weighted by Crippen LogP contribution is 2.29. The van der Waals surface area contributed by atoms with Crippen molar-refractivity contribution in [3.05, 3.63) is 77.9 Å². The Morgan fingerprint density at radius 1 is 0.786 bits per heavy atom. The van der Waals surface area contributed by atoms with E-state index in [4.69, 9.17) is 18.9 Å². The summed E-state index contributed by atoms with van der Waals surface area (Å²) in [6.07, 6.45) is 0.892. The number of methoxy groups -OCH3 is 4. The van der Waals surface area contributed by atoms with Gasteiger partial charge in [0.05, 0.1) is 34.9 Å². The largest absolute Gasteiger partial charge is 0.497 e. The Balaban J connectivity index is 1.41. The molecule has 11 heteroatoms. The minimum atomic E-state index is -0.253. The summed E-state index contributed by atoms with van der Waals surface area (Å²) in [5, 5.41) is 12.2. The van der Waals surface area contributed by atoms with Crippen LogP contribution in [0.3, 0.4) is 0 Å². The van der Waals surface area contributed by atoms with E-state index in [1.165, 1.54) is 11.3 Å². The van der Waals surface area contributed by atoms with Gasteiger partial charge in [-0.2, -0.15) is 0 Å². The molecule has 0 saturated heterocycles. The second-order valence-corrected chi connectivity index (χ2v) is 10.3. The molecule has 0 unspecified atom stereocenters. The molecule has 0 aliphatic carbocycles. The Kier molecular flexibility index (Phi) is 10.7. The molecule has 0 saturated carbocycles. The molecular weight excluding hydrogens is 556 g/mol. The SMILES string of the molecule is COc1ccc(CC(=O)N(CCC(=O)Nc2nnc(-c3cccc(OC)c3)s2)CCc2ccc(OC)c(OC)c2)cc1. The van der Waals surface area contributed by atoms with Gasteiger partial charge in [0.1, 0.15) is 16.5 Å². The topological polar surface area (TPSA) is 112 Å². The molecule has 0 radical (unpaired) electrons. The standard InChI is InChI=1S/C31H34N4O6S/c1-38-24-11-8-21(9-12-24)19-29(37)35(16-14-22-10-13-26(40-3)27(18-22)41-4)17-15-28(36)32-31-34-33-30(42-31)23-6-5-7-25(20-23)39-2/h5-13,18,20H,14-17,19H2,1-4H3,(H,32,34,36). The quantitative estimate of drug-likeness (QED) is 0.221. The van der Waals surface area contributed by atoms with Crippen LogP contribution < -0.4 is 24.3 Å². The van der Waals surface area contributed by atoms with E-state index in [0.29, 0.717) is 40.4 Å². The highest BCUT2D eigenvalue weighted by Gasteiger charge is 2.18. The van der Waals surface area contributed by atoms with Crippen LogP contribution in [0.25, 0.3) is 10.6 Å². The molecule has 0 fully saturated rings. The number of aromatic nitrogens is 2. The predicted molar refractivity (Wildman–Crippen MR) is 162 cm³/mol. The molecule has 10 nitrogen and oxygen atoms in total. The normalized spacial score (nSPS) is 10.6. The number of benzene rings is 3. The third-order valence-electron chi connectivity index (χ3n) is 6.58. The van der Waals surface area contributed by atoms with Crippen LogP contribution in [0.1, 0.15) is 17.5 Å². The molecular formula is C31H34N4O6S. The molecule has 3 aromatic carbocycles. The van der Waals surface area contributed by atoms with Crippen LogP contribution in [0.2, 0.25) is 0 Å². The fourth-order valence-electron chi connectivity index (χ4n) is 4.26. The zero-order valence-electron chi connectivity index (χ0n) is 24.1. The average molecular weight is 591 g/mol. The first-order valence-corrected chi connectivity index (χ1v) is 14.1. The molecule has 0 bridgehead atoms. The minimum Gasteiger partial charge on any atom is -0.497 e. The van der Waals surface area contributed by atoms with Gasteiger partial charge < -0.3 is 29.2 Å². The van der Waals surface area contributed by atoms with Gasteiger partial charge in [-0.3, -0.25) is 9.59 Å². The van der Waals surface area contributed by atoms with E-state index < -0.39 is 0 Å². The molecule has 1 N–H and O–H groups in total. The number of nitrogens with one attached hydrogen (secondary N) is 1. The Bertz CT molecular complexity index is 1490. The van der Waals surface area contributed by atoms with Gasteiger partial charge in [0.2, 0.25) is 16.9 Å². The van der Waals surface area contributed by atoms with E-state index in [0.717, 1.165) is 22.4 Å². The smallest absolute Gasteiger partial charge is 0.227 e. The number of hydrogen-bond donors (Lipinski definition) is 1. The summed E-state index contributed by atoms with van der Waals surface area (Å²) < 4.78 is 21.3. The van der Waals surface area contributed by atoms with Crippen molar-refractivity contribution in [2.24, 2.45) is 0 Å². The van der Waals surface area contributed by atoms with Crippen molar-refractivity contribution < 1.29 is 28.5 Å². The summed E-state index contributed by atoms with van der Waals surface area (Å²) in [7, 11) is 6.37. The molecule has 4 rings (SSSR count). The van der Waals surface area contributed by atoms with Gasteiger partial charge in [0, 0.05) is 25.1 Å². The molecule has 4 aromatic rings. The van der Waals surface area contributed by atoms with Crippen molar-refractivity contribution in [1.29, 1.82) is 0 Å². The van der Waals surface area contributed by atoms with Gasteiger partial charge in [-0.15, -0.1) is 10.2 Å². The van der Waals surface area contributed by atoms with Crippen molar-refractivity contribution in [2.75, 3.05) is 46.8 Å². The van der Waals surface area contributed by atoms with Crippen LogP contribution in [-0.2, 0) is 22.4 Å². The second-order valence-electron chi connectivity index (χ2n) is 9.29. The predicted octanol–water partition coefficient (Wildman–Crippen LogP) is 4.88. The van der Waals surface area contributed by atoms with Gasteiger partial charge in [-0.05, 0) is 53.9 Å². The number of carbonyl (C=O) groups excluding carboxylic acids is 2. The number of amides is 2.